The molecule has 31 heavy (non-hydrogen) atoms. The summed E-state index contributed by atoms with van der Waals surface area (Å²) < 4.78 is 5.60. The molecule has 1 saturated heterocycles. The molecular formula is C25H33ClN2O3. The van der Waals surface area contributed by atoms with Crippen molar-refractivity contribution in [3.63, 3.8) is 0 Å². The number of rotatable bonds is 9. The molecule has 0 radical (unpaired) electrons. The summed E-state index contributed by atoms with van der Waals surface area (Å²) in [5.74, 6) is -0.828. The Bertz CT molecular complexity index is 864. The Hall–Kier alpha value is -2.24. The highest BCUT2D eigenvalue weighted by Gasteiger charge is 2.26. The van der Waals surface area contributed by atoms with E-state index < -0.39 is 11.9 Å². The summed E-state index contributed by atoms with van der Waals surface area (Å²) in [6.45, 7) is 8.83. The third-order valence-electron chi connectivity index (χ3n) is 5.76. The Morgan fingerprint density at radius 2 is 1.87 bits per heavy atom. The van der Waals surface area contributed by atoms with Crippen LogP contribution in [0.3, 0.4) is 0 Å². The topological polar surface area (TPSA) is 61.8 Å². The molecule has 0 bridgehead atoms. The minimum atomic E-state index is -0.795. The van der Waals surface area contributed by atoms with Crippen molar-refractivity contribution in [2.75, 3.05) is 30.0 Å². The zero-order chi connectivity index (χ0) is 22.4. The number of nitrogens with zero attached hydrogens (tertiary/aromatic N) is 1. The first kappa shape index (κ1) is 23.4. The molecule has 2 aromatic rings. The van der Waals surface area contributed by atoms with Gasteiger partial charge in [-0.15, -0.1) is 0 Å². The number of benzene rings is 2. The maximum atomic E-state index is 11.8. The van der Waals surface area contributed by atoms with Crippen LogP contribution in [0.1, 0.15) is 51.5 Å². The lowest BCUT2D eigenvalue weighted by molar-refractivity contribution is -0.138. The molecule has 1 fully saturated rings. The van der Waals surface area contributed by atoms with Gasteiger partial charge >= 0.3 is 5.97 Å². The van der Waals surface area contributed by atoms with Crippen molar-refractivity contribution in [3.05, 3.63) is 53.1 Å². The van der Waals surface area contributed by atoms with Crippen LogP contribution in [0, 0.1) is 5.92 Å². The zero-order valence-electron chi connectivity index (χ0n) is 18.6. The number of aliphatic carboxylic acids is 1. The van der Waals surface area contributed by atoms with E-state index in [4.69, 9.17) is 16.3 Å². The van der Waals surface area contributed by atoms with Gasteiger partial charge in [0, 0.05) is 36.5 Å². The van der Waals surface area contributed by atoms with E-state index in [0.29, 0.717) is 23.4 Å². The summed E-state index contributed by atoms with van der Waals surface area (Å²) in [5.41, 5.74) is 3.75. The van der Waals surface area contributed by atoms with Crippen molar-refractivity contribution in [1.29, 1.82) is 0 Å². The standard InChI is InChI=1S/C25H33ClN2O3/c1-4-22(25(29)30)18-5-10-24(23(15-18)27-20-8-6-19(26)7-9-20)28(16-17(2)3)21-11-13-31-14-12-21/h5-10,15,17,21-22,27H,4,11-14,16H2,1-3H3,(H,29,30). The molecule has 1 aliphatic heterocycles. The van der Waals surface area contributed by atoms with Gasteiger partial charge in [-0.05, 0) is 67.1 Å². The summed E-state index contributed by atoms with van der Waals surface area (Å²) in [7, 11) is 0. The van der Waals surface area contributed by atoms with E-state index in [9.17, 15) is 9.90 Å². The van der Waals surface area contributed by atoms with Crippen LogP contribution in [-0.2, 0) is 9.53 Å². The Morgan fingerprint density at radius 3 is 2.45 bits per heavy atom. The summed E-state index contributed by atoms with van der Waals surface area (Å²) >= 11 is 6.06. The summed E-state index contributed by atoms with van der Waals surface area (Å²) in [4.78, 5) is 14.3. The SMILES string of the molecule is CCC(C(=O)O)c1ccc(N(CC(C)C)C2CCOCC2)c(Nc2ccc(Cl)cc2)c1. The molecule has 2 aromatic carbocycles. The van der Waals surface area contributed by atoms with Gasteiger partial charge < -0.3 is 20.1 Å². The Kier molecular flexibility index (Phi) is 8.22. The molecule has 3 rings (SSSR count). The van der Waals surface area contributed by atoms with Gasteiger partial charge in [0.05, 0.1) is 17.3 Å². The fraction of sp³-hybridized carbons (Fsp3) is 0.480. The van der Waals surface area contributed by atoms with Gasteiger partial charge in [-0.3, -0.25) is 4.79 Å². The highest BCUT2D eigenvalue weighted by atomic mass is 35.5. The number of halogens is 1. The van der Waals surface area contributed by atoms with Crippen molar-refractivity contribution in [3.8, 4) is 0 Å². The first-order chi connectivity index (χ1) is 14.9. The quantitative estimate of drug-likeness (QED) is 0.475. The monoisotopic (exact) mass is 444 g/mol. The van der Waals surface area contributed by atoms with Crippen molar-refractivity contribution in [2.45, 2.75) is 52.0 Å². The maximum absolute atomic E-state index is 11.8. The van der Waals surface area contributed by atoms with Crippen LogP contribution >= 0.6 is 11.6 Å². The highest BCUT2D eigenvalue weighted by Crippen LogP contribution is 2.36. The van der Waals surface area contributed by atoms with Crippen molar-refractivity contribution in [1.82, 2.24) is 0 Å². The number of carboxylic acid groups (broad SMARTS) is 1. The molecule has 168 valence electrons. The molecule has 0 aromatic heterocycles. The van der Waals surface area contributed by atoms with Gasteiger partial charge in [-0.2, -0.15) is 0 Å². The Labute approximate surface area is 190 Å². The van der Waals surface area contributed by atoms with E-state index in [1.807, 2.05) is 43.3 Å². The lowest BCUT2D eigenvalue weighted by atomic mass is 9.94. The van der Waals surface area contributed by atoms with E-state index in [-0.39, 0.29) is 0 Å². The van der Waals surface area contributed by atoms with Crippen LogP contribution < -0.4 is 10.2 Å². The zero-order valence-corrected chi connectivity index (χ0v) is 19.4. The van der Waals surface area contributed by atoms with Crippen molar-refractivity contribution >= 4 is 34.6 Å². The van der Waals surface area contributed by atoms with Gasteiger partial charge in [0.25, 0.3) is 0 Å². The predicted octanol–water partition coefficient (Wildman–Crippen LogP) is 6.30. The molecule has 1 heterocycles. The fourth-order valence-electron chi connectivity index (χ4n) is 4.20. The third kappa shape index (κ3) is 6.14. The van der Waals surface area contributed by atoms with Crippen LogP contribution in [0.4, 0.5) is 17.1 Å². The first-order valence-corrected chi connectivity index (χ1v) is 11.5. The van der Waals surface area contributed by atoms with Gasteiger partial charge in [0.15, 0.2) is 0 Å². The second kappa shape index (κ2) is 10.9. The average Bonchev–Trinajstić information content (AvgIpc) is 2.75. The van der Waals surface area contributed by atoms with Gasteiger partial charge in [0.1, 0.15) is 0 Å². The molecule has 2 N–H and O–H groups in total. The number of carboxylic acids is 1. The molecule has 0 aliphatic carbocycles. The fourth-order valence-corrected chi connectivity index (χ4v) is 4.32. The van der Waals surface area contributed by atoms with Crippen LogP contribution in [0.2, 0.25) is 5.02 Å². The van der Waals surface area contributed by atoms with Crippen LogP contribution in [0.25, 0.3) is 0 Å². The van der Waals surface area contributed by atoms with E-state index >= 15 is 0 Å². The maximum Gasteiger partial charge on any atom is 0.310 e. The van der Waals surface area contributed by atoms with E-state index in [0.717, 1.165) is 55.2 Å². The molecule has 1 atom stereocenters. The summed E-state index contributed by atoms with van der Waals surface area (Å²) in [5, 5.41) is 13.9. The normalized spacial score (nSPS) is 15.6. The van der Waals surface area contributed by atoms with E-state index in [2.05, 4.69) is 30.1 Å². The smallest absolute Gasteiger partial charge is 0.310 e. The number of hydrogen-bond donors (Lipinski definition) is 2. The molecule has 0 saturated carbocycles. The van der Waals surface area contributed by atoms with Gasteiger partial charge in [-0.1, -0.05) is 38.4 Å². The molecule has 1 unspecified atom stereocenters. The van der Waals surface area contributed by atoms with Gasteiger partial charge in [0.2, 0.25) is 0 Å². The number of carbonyl (C=O) groups is 1. The van der Waals surface area contributed by atoms with Gasteiger partial charge in [-0.25, -0.2) is 0 Å². The Balaban J connectivity index is 2.04. The summed E-state index contributed by atoms with van der Waals surface area (Å²) in [6.07, 6.45) is 2.52. The largest absolute Gasteiger partial charge is 0.481 e. The minimum Gasteiger partial charge on any atom is -0.481 e. The molecule has 6 heteroatoms. The minimum absolute atomic E-state index is 0.397. The van der Waals surface area contributed by atoms with E-state index in [1.165, 1.54) is 0 Å². The number of anilines is 3. The Morgan fingerprint density at radius 1 is 1.19 bits per heavy atom. The second-order valence-corrected chi connectivity index (χ2v) is 9.03. The number of nitrogens with one attached hydrogen (secondary N) is 1. The second-order valence-electron chi connectivity index (χ2n) is 8.60. The molecular weight excluding hydrogens is 412 g/mol. The molecule has 1 aliphatic rings. The van der Waals surface area contributed by atoms with E-state index in [1.54, 1.807) is 0 Å². The van der Waals surface area contributed by atoms with Crippen molar-refractivity contribution < 1.29 is 14.6 Å². The highest BCUT2D eigenvalue weighted by molar-refractivity contribution is 6.30. The molecule has 5 nitrogen and oxygen atoms in total. The lowest BCUT2D eigenvalue weighted by Gasteiger charge is -2.38. The lowest BCUT2D eigenvalue weighted by Crippen LogP contribution is -2.42. The average molecular weight is 445 g/mol. The van der Waals surface area contributed by atoms with Crippen LogP contribution in [-0.4, -0.2) is 36.9 Å². The van der Waals surface area contributed by atoms with Crippen LogP contribution in [0.5, 0.6) is 0 Å². The molecule has 0 amide bonds. The van der Waals surface area contributed by atoms with Crippen molar-refractivity contribution in [2.24, 2.45) is 5.92 Å². The predicted molar refractivity (Wildman–Crippen MR) is 128 cm³/mol. The number of hydrogen-bond acceptors (Lipinski definition) is 4. The first-order valence-electron chi connectivity index (χ1n) is 11.1. The summed E-state index contributed by atoms with van der Waals surface area (Å²) in [6, 6.07) is 14.0. The molecule has 0 spiro atoms. The third-order valence-corrected chi connectivity index (χ3v) is 6.01. The number of ether oxygens (including phenoxy) is 1. The van der Waals surface area contributed by atoms with Crippen LogP contribution in [0.15, 0.2) is 42.5 Å².